The Morgan fingerprint density at radius 2 is 2.08 bits per heavy atom. The maximum absolute atomic E-state index is 12.4. The van der Waals surface area contributed by atoms with Crippen molar-refractivity contribution >= 4 is 5.91 Å². The van der Waals surface area contributed by atoms with Crippen LogP contribution in [0.15, 0.2) is 43.0 Å². The second-order valence-electron chi connectivity index (χ2n) is 5.92. The maximum Gasteiger partial charge on any atom is 0.226 e. The molecule has 1 amide bonds. The Morgan fingerprint density at radius 1 is 1.29 bits per heavy atom. The van der Waals surface area contributed by atoms with Crippen molar-refractivity contribution in [1.82, 2.24) is 14.5 Å². The number of carbonyl (C=O) groups is 1. The van der Waals surface area contributed by atoms with E-state index in [0.717, 1.165) is 37.4 Å². The highest BCUT2D eigenvalue weighted by Crippen LogP contribution is 2.22. The van der Waals surface area contributed by atoms with Crippen molar-refractivity contribution in [2.45, 2.75) is 25.3 Å². The van der Waals surface area contributed by atoms with Gasteiger partial charge in [0.25, 0.3) is 0 Å². The van der Waals surface area contributed by atoms with Crippen LogP contribution in [-0.2, 0) is 4.79 Å². The van der Waals surface area contributed by atoms with Crippen molar-refractivity contribution in [2.75, 3.05) is 26.8 Å². The Bertz CT molecular complexity index is 640. The molecule has 0 radical (unpaired) electrons. The minimum atomic E-state index is 0.147. The van der Waals surface area contributed by atoms with Gasteiger partial charge in [0.1, 0.15) is 11.5 Å². The summed E-state index contributed by atoms with van der Waals surface area (Å²) >= 11 is 0. The van der Waals surface area contributed by atoms with Crippen LogP contribution in [0.1, 0.15) is 25.3 Å². The fourth-order valence-electron chi connectivity index (χ4n) is 3.00. The molecule has 1 aliphatic rings. The molecule has 0 saturated carbocycles. The second-order valence-corrected chi connectivity index (χ2v) is 5.92. The number of rotatable bonds is 6. The van der Waals surface area contributed by atoms with Crippen molar-refractivity contribution in [3.05, 3.63) is 43.0 Å². The standard InChI is InChI=1S/C18H23N3O3/c1-23-16-4-6-17(7-5-16)24-12-8-18(22)20-10-2-3-15(13-20)21-11-9-19-14-21/h4-7,9,11,14-15H,2-3,8,10,12-13H2,1H3/t15-/m1/s1. The van der Waals surface area contributed by atoms with Gasteiger partial charge < -0.3 is 18.9 Å². The van der Waals surface area contributed by atoms with E-state index in [2.05, 4.69) is 9.55 Å². The van der Waals surface area contributed by atoms with Gasteiger partial charge >= 0.3 is 0 Å². The SMILES string of the molecule is COc1ccc(OCCC(=O)N2CCC[C@@H](n3ccnc3)C2)cc1. The van der Waals surface area contributed by atoms with Crippen LogP contribution in [0, 0.1) is 0 Å². The van der Waals surface area contributed by atoms with Crippen LogP contribution in [-0.4, -0.2) is 47.2 Å². The van der Waals surface area contributed by atoms with Gasteiger partial charge in [-0.05, 0) is 37.1 Å². The Kier molecular flexibility index (Phi) is 5.36. The summed E-state index contributed by atoms with van der Waals surface area (Å²) in [6, 6.07) is 7.71. The number of carbonyl (C=O) groups excluding carboxylic acids is 1. The van der Waals surface area contributed by atoms with Crippen LogP contribution in [0.5, 0.6) is 11.5 Å². The van der Waals surface area contributed by atoms with Gasteiger partial charge in [0.2, 0.25) is 5.91 Å². The highest BCUT2D eigenvalue weighted by atomic mass is 16.5. The van der Waals surface area contributed by atoms with E-state index in [9.17, 15) is 4.79 Å². The molecule has 6 heteroatoms. The van der Waals surface area contributed by atoms with Crippen LogP contribution >= 0.6 is 0 Å². The van der Waals surface area contributed by atoms with E-state index >= 15 is 0 Å². The van der Waals surface area contributed by atoms with E-state index in [-0.39, 0.29) is 5.91 Å². The van der Waals surface area contributed by atoms with Gasteiger partial charge in [-0.1, -0.05) is 0 Å². The fourth-order valence-corrected chi connectivity index (χ4v) is 3.00. The Morgan fingerprint density at radius 3 is 2.79 bits per heavy atom. The number of methoxy groups -OCH3 is 1. The molecule has 24 heavy (non-hydrogen) atoms. The molecule has 1 aromatic heterocycles. The van der Waals surface area contributed by atoms with E-state index in [4.69, 9.17) is 9.47 Å². The Hall–Kier alpha value is -2.50. The second kappa shape index (κ2) is 7.86. The van der Waals surface area contributed by atoms with Gasteiger partial charge in [-0.3, -0.25) is 4.79 Å². The van der Waals surface area contributed by atoms with Gasteiger partial charge in [-0.2, -0.15) is 0 Å². The van der Waals surface area contributed by atoms with E-state index in [0.29, 0.717) is 19.1 Å². The molecule has 1 aliphatic heterocycles. The van der Waals surface area contributed by atoms with Crippen LogP contribution in [0.3, 0.4) is 0 Å². The summed E-state index contributed by atoms with van der Waals surface area (Å²) in [5.74, 6) is 1.68. The minimum Gasteiger partial charge on any atom is -0.497 e. The molecule has 6 nitrogen and oxygen atoms in total. The molecular weight excluding hydrogens is 306 g/mol. The number of amides is 1. The molecule has 2 heterocycles. The third kappa shape index (κ3) is 4.07. The number of imidazole rings is 1. The van der Waals surface area contributed by atoms with Gasteiger partial charge in [0.05, 0.1) is 32.5 Å². The first-order valence-electron chi connectivity index (χ1n) is 8.28. The number of likely N-dealkylation sites (tertiary alicyclic amines) is 1. The molecule has 1 saturated heterocycles. The molecule has 1 atom stereocenters. The van der Waals surface area contributed by atoms with Crippen LogP contribution in [0.4, 0.5) is 0 Å². The quantitative estimate of drug-likeness (QED) is 0.817. The van der Waals surface area contributed by atoms with Crippen molar-refractivity contribution < 1.29 is 14.3 Å². The monoisotopic (exact) mass is 329 g/mol. The third-order valence-corrected chi connectivity index (χ3v) is 4.34. The number of nitrogens with zero attached hydrogens (tertiary/aromatic N) is 3. The number of aromatic nitrogens is 2. The molecular formula is C18H23N3O3. The van der Waals surface area contributed by atoms with E-state index < -0.39 is 0 Å². The minimum absolute atomic E-state index is 0.147. The number of benzene rings is 1. The molecule has 0 aliphatic carbocycles. The van der Waals surface area contributed by atoms with Crippen LogP contribution < -0.4 is 9.47 Å². The largest absolute Gasteiger partial charge is 0.497 e. The van der Waals surface area contributed by atoms with Crippen molar-refractivity contribution in [1.29, 1.82) is 0 Å². The molecule has 0 N–H and O–H groups in total. The van der Waals surface area contributed by atoms with Crippen molar-refractivity contribution in [3.63, 3.8) is 0 Å². The third-order valence-electron chi connectivity index (χ3n) is 4.34. The highest BCUT2D eigenvalue weighted by Gasteiger charge is 2.24. The molecule has 3 rings (SSSR count). The molecule has 128 valence electrons. The summed E-state index contributed by atoms with van der Waals surface area (Å²) in [6.07, 6.45) is 8.07. The zero-order valence-electron chi connectivity index (χ0n) is 13.9. The Labute approximate surface area is 142 Å². The summed E-state index contributed by atoms with van der Waals surface area (Å²) in [7, 11) is 1.63. The fraction of sp³-hybridized carbons (Fsp3) is 0.444. The van der Waals surface area contributed by atoms with E-state index in [1.165, 1.54) is 0 Å². The lowest BCUT2D eigenvalue weighted by atomic mass is 10.1. The molecule has 0 spiro atoms. The summed E-state index contributed by atoms with van der Waals surface area (Å²) in [5.41, 5.74) is 0. The van der Waals surface area contributed by atoms with E-state index in [1.54, 1.807) is 13.3 Å². The molecule has 0 bridgehead atoms. The first-order chi connectivity index (χ1) is 11.8. The lowest BCUT2D eigenvalue weighted by molar-refractivity contribution is -0.133. The summed E-state index contributed by atoms with van der Waals surface area (Å²) < 4.78 is 12.8. The average molecular weight is 329 g/mol. The van der Waals surface area contributed by atoms with Crippen molar-refractivity contribution in [3.8, 4) is 11.5 Å². The first-order valence-corrected chi connectivity index (χ1v) is 8.28. The molecule has 1 aromatic carbocycles. The lowest BCUT2D eigenvalue weighted by Crippen LogP contribution is -2.41. The molecule has 0 unspecified atom stereocenters. The molecule has 2 aromatic rings. The normalized spacial score (nSPS) is 17.5. The number of piperidine rings is 1. The lowest BCUT2D eigenvalue weighted by Gasteiger charge is -2.33. The predicted octanol–water partition coefficient (Wildman–Crippen LogP) is 2.52. The zero-order chi connectivity index (χ0) is 16.8. The van der Waals surface area contributed by atoms with Gasteiger partial charge in [-0.15, -0.1) is 0 Å². The summed E-state index contributed by atoms with van der Waals surface area (Å²) in [4.78, 5) is 18.4. The van der Waals surface area contributed by atoms with Gasteiger partial charge in [0.15, 0.2) is 0 Å². The van der Waals surface area contributed by atoms with Crippen LogP contribution in [0.2, 0.25) is 0 Å². The van der Waals surface area contributed by atoms with Gasteiger partial charge in [-0.25, -0.2) is 4.98 Å². The maximum atomic E-state index is 12.4. The molecule has 1 fully saturated rings. The number of ether oxygens (including phenoxy) is 2. The average Bonchev–Trinajstić information content (AvgIpc) is 3.17. The van der Waals surface area contributed by atoms with Crippen LogP contribution in [0.25, 0.3) is 0 Å². The number of hydrogen-bond acceptors (Lipinski definition) is 4. The smallest absolute Gasteiger partial charge is 0.226 e. The number of hydrogen-bond donors (Lipinski definition) is 0. The van der Waals surface area contributed by atoms with E-state index in [1.807, 2.05) is 41.7 Å². The van der Waals surface area contributed by atoms with Crippen molar-refractivity contribution in [2.24, 2.45) is 0 Å². The highest BCUT2D eigenvalue weighted by molar-refractivity contribution is 5.76. The Balaban J connectivity index is 1.45. The topological polar surface area (TPSA) is 56.6 Å². The zero-order valence-corrected chi connectivity index (χ0v) is 13.9. The first kappa shape index (κ1) is 16.4. The summed E-state index contributed by atoms with van der Waals surface area (Å²) in [6.45, 7) is 1.96. The predicted molar refractivity (Wildman–Crippen MR) is 90.2 cm³/mol. The van der Waals surface area contributed by atoms with Gasteiger partial charge in [0, 0.05) is 25.5 Å². The summed E-state index contributed by atoms with van der Waals surface area (Å²) in [5, 5.41) is 0.